The molecule has 0 aliphatic carbocycles. The second-order valence-corrected chi connectivity index (χ2v) is 7.99. The zero-order valence-electron chi connectivity index (χ0n) is 16.9. The summed E-state index contributed by atoms with van der Waals surface area (Å²) in [6.45, 7) is 8.51. The molecule has 2 aromatic carbocycles. The predicted octanol–water partition coefficient (Wildman–Crippen LogP) is 4.73. The van der Waals surface area contributed by atoms with E-state index in [1.54, 1.807) is 24.3 Å². The highest BCUT2D eigenvalue weighted by Crippen LogP contribution is 2.27. The Morgan fingerprint density at radius 1 is 0.759 bits per heavy atom. The summed E-state index contributed by atoms with van der Waals surface area (Å²) in [6, 6.07) is 14.7. The van der Waals surface area contributed by atoms with Crippen LogP contribution in [0.5, 0.6) is 0 Å². The van der Waals surface area contributed by atoms with E-state index in [1.165, 1.54) is 18.4 Å². The van der Waals surface area contributed by atoms with Gasteiger partial charge in [0.05, 0.1) is 0 Å². The first kappa shape index (κ1) is 22.0. The summed E-state index contributed by atoms with van der Waals surface area (Å²) in [5.74, 6) is -0.349. The van der Waals surface area contributed by atoms with Crippen molar-refractivity contribution in [2.24, 2.45) is 0 Å². The van der Waals surface area contributed by atoms with E-state index in [1.807, 2.05) is 24.3 Å². The third kappa shape index (κ3) is 5.27. The maximum absolute atomic E-state index is 13.2. The lowest BCUT2D eigenvalue weighted by molar-refractivity contribution is 0.0840. The maximum atomic E-state index is 13.2. The Bertz CT molecular complexity index is 753. The maximum Gasteiger partial charge on any atom is 0.123 e. The number of hydrogen-bond donors (Lipinski definition) is 0. The van der Waals surface area contributed by atoms with E-state index in [4.69, 9.17) is 0 Å². The fourth-order valence-electron chi connectivity index (χ4n) is 4.59. The lowest BCUT2D eigenvalue weighted by Gasteiger charge is -2.44. The molecule has 2 fully saturated rings. The van der Waals surface area contributed by atoms with E-state index >= 15 is 0 Å². The number of nitrogens with zero attached hydrogens (tertiary/aromatic N) is 3. The van der Waals surface area contributed by atoms with Crippen molar-refractivity contribution in [2.45, 2.75) is 31.8 Å². The zero-order valence-corrected chi connectivity index (χ0v) is 17.8. The zero-order chi connectivity index (χ0) is 19.5. The quantitative estimate of drug-likeness (QED) is 0.706. The highest BCUT2D eigenvalue weighted by Gasteiger charge is 2.29. The molecule has 0 spiro atoms. The van der Waals surface area contributed by atoms with Crippen LogP contribution in [0.1, 0.15) is 31.4 Å². The Labute approximate surface area is 178 Å². The number of piperidine rings is 1. The van der Waals surface area contributed by atoms with Gasteiger partial charge in [-0.25, -0.2) is 8.78 Å². The van der Waals surface area contributed by atoms with Crippen LogP contribution < -0.4 is 4.90 Å². The van der Waals surface area contributed by atoms with Crippen LogP contribution in [-0.2, 0) is 0 Å². The standard InChI is InChI=1S/C23H29F2N3.ClH/c1-18(19-2-4-20(24)5-3-19)26-12-10-23(11-13-26)28-16-14-27(15-17-28)22-8-6-21(25)7-9-22;/h2-9,18,23H,10-17H2,1H3;1H. The molecule has 2 saturated heterocycles. The average Bonchev–Trinajstić information content (AvgIpc) is 2.75. The van der Waals surface area contributed by atoms with Crippen molar-refractivity contribution in [3.63, 3.8) is 0 Å². The van der Waals surface area contributed by atoms with E-state index in [0.717, 1.165) is 45.0 Å². The van der Waals surface area contributed by atoms with E-state index in [0.29, 0.717) is 12.1 Å². The number of anilines is 1. The van der Waals surface area contributed by atoms with Crippen molar-refractivity contribution in [1.82, 2.24) is 9.80 Å². The smallest absolute Gasteiger partial charge is 0.123 e. The fraction of sp³-hybridized carbons (Fsp3) is 0.478. The molecule has 2 heterocycles. The molecule has 1 atom stereocenters. The molecular weight excluding hydrogens is 392 g/mol. The van der Waals surface area contributed by atoms with E-state index < -0.39 is 0 Å². The monoisotopic (exact) mass is 421 g/mol. The molecule has 0 saturated carbocycles. The minimum Gasteiger partial charge on any atom is -0.369 e. The van der Waals surface area contributed by atoms with Crippen molar-refractivity contribution in [2.75, 3.05) is 44.2 Å². The molecule has 29 heavy (non-hydrogen) atoms. The molecular formula is C23H30ClF2N3. The topological polar surface area (TPSA) is 9.72 Å². The summed E-state index contributed by atoms with van der Waals surface area (Å²) >= 11 is 0. The van der Waals surface area contributed by atoms with Crippen LogP contribution >= 0.6 is 12.4 Å². The first-order valence-electron chi connectivity index (χ1n) is 10.3. The summed E-state index contributed by atoms with van der Waals surface area (Å²) in [5, 5.41) is 0. The first-order chi connectivity index (χ1) is 13.6. The minimum atomic E-state index is -0.177. The van der Waals surface area contributed by atoms with E-state index in [2.05, 4.69) is 21.6 Å². The number of benzene rings is 2. The van der Waals surface area contributed by atoms with Gasteiger partial charge in [-0.1, -0.05) is 12.1 Å². The van der Waals surface area contributed by atoms with Gasteiger partial charge in [0.2, 0.25) is 0 Å². The Kier molecular flexibility index (Phi) is 7.49. The van der Waals surface area contributed by atoms with Gasteiger partial charge < -0.3 is 4.90 Å². The summed E-state index contributed by atoms with van der Waals surface area (Å²) in [4.78, 5) is 7.49. The summed E-state index contributed by atoms with van der Waals surface area (Å²) in [6.07, 6.45) is 2.37. The number of halogens is 3. The third-order valence-electron chi connectivity index (χ3n) is 6.42. The van der Waals surface area contributed by atoms with Gasteiger partial charge in [0.1, 0.15) is 11.6 Å². The fourth-order valence-corrected chi connectivity index (χ4v) is 4.59. The average molecular weight is 422 g/mol. The molecule has 0 amide bonds. The number of likely N-dealkylation sites (tertiary alicyclic amines) is 1. The molecule has 0 bridgehead atoms. The lowest BCUT2D eigenvalue weighted by Crippen LogP contribution is -2.53. The van der Waals surface area contributed by atoms with Crippen molar-refractivity contribution in [1.29, 1.82) is 0 Å². The molecule has 0 aromatic heterocycles. The highest BCUT2D eigenvalue weighted by molar-refractivity contribution is 5.85. The molecule has 3 nitrogen and oxygen atoms in total. The normalized spacial score (nSPS) is 20.3. The summed E-state index contributed by atoms with van der Waals surface area (Å²) < 4.78 is 26.3. The molecule has 158 valence electrons. The minimum absolute atomic E-state index is 0. The Morgan fingerprint density at radius 2 is 1.28 bits per heavy atom. The SMILES string of the molecule is CC(c1ccc(F)cc1)N1CCC(N2CCN(c3ccc(F)cc3)CC2)CC1.Cl. The highest BCUT2D eigenvalue weighted by atomic mass is 35.5. The summed E-state index contributed by atoms with van der Waals surface area (Å²) in [5.41, 5.74) is 2.30. The number of piperazine rings is 1. The van der Waals surface area contributed by atoms with Crippen LogP contribution in [0.2, 0.25) is 0 Å². The van der Waals surface area contributed by atoms with Crippen LogP contribution in [-0.4, -0.2) is 55.1 Å². The van der Waals surface area contributed by atoms with Crippen molar-refractivity contribution in [3.05, 3.63) is 65.7 Å². The second-order valence-electron chi connectivity index (χ2n) is 7.99. The van der Waals surface area contributed by atoms with Crippen molar-refractivity contribution in [3.8, 4) is 0 Å². The molecule has 2 aliphatic rings. The summed E-state index contributed by atoms with van der Waals surface area (Å²) in [7, 11) is 0. The van der Waals surface area contributed by atoms with E-state index in [9.17, 15) is 8.78 Å². The molecule has 6 heteroatoms. The van der Waals surface area contributed by atoms with Crippen LogP contribution in [0.3, 0.4) is 0 Å². The first-order valence-corrected chi connectivity index (χ1v) is 10.3. The third-order valence-corrected chi connectivity index (χ3v) is 6.42. The van der Waals surface area contributed by atoms with Gasteiger partial charge >= 0.3 is 0 Å². The number of rotatable bonds is 4. The van der Waals surface area contributed by atoms with Crippen LogP contribution in [0, 0.1) is 11.6 Å². The van der Waals surface area contributed by atoms with Crippen molar-refractivity contribution >= 4 is 18.1 Å². The second kappa shape index (κ2) is 9.88. The molecule has 4 rings (SSSR count). The largest absolute Gasteiger partial charge is 0.369 e. The van der Waals surface area contributed by atoms with Gasteiger partial charge in [-0.15, -0.1) is 12.4 Å². The van der Waals surface area contributed by atoms with Gasteiger partial charge in [0.25, 0.3) is 0 Å². The molecule has 2 aliphatic heterocycles. The van der Waals surface area contributed by atoms with Crippen LogP contribution in [0.4, 0.5) is 14.5 Å². The van der Waals surface area contributed by atoms with Gasteiger partial charge in [-0.05, 0) is 61.7 Å². The van der Waals surface area contributed by atoms with Crippen LogP contribution in [0.15, 0.2) is 48.5 Å². The number of hydrogen-bond acceptors (Lipinski definition) is 3. The van der Waals surface area contributed by atoms with Crippen LogP contribution in [0.25, 0.3) is 0 Å². The van der Waals surface area contributed by atoms with Gasteiger partial charge in [-0.3, -0.25) is 9.80 Å². The van der Waals surface area contributed by atoms with Gasteiger partial charge in [0, 0.05) is 57.0 Å². The Hall–Kier alpha value is -1.69. The van der Waals surface area contributed by atoms with Gasteiger partial charge in [-0.2, -0.15) is 0 Å². The Morgan fingerprint density at radius 3 is 1.83 bits per heavy atom. The predicted molar refractivity (Wildman–Crippen MR) is 117 cm³/mol. The molecule has 1 unspecified atom stereocenters. The van der Waals surface area contributed by atoms with E-state index in [-0.39, 0.29) is 24.0 Å². The lowest BCUT2D eigenvalue weighted by atomic mass is 9.98. The Balaban J connectivity index is 0.00000240. The van der Waals surface area contributed by atoms with Crippen molar-refractivity contribution < 1.29 is 8.78 Å². The van der Waals surface area contributed by atoms with Gasteiger partial charge in [0.15, 0.2) is 0 Å². The molecule has 0 radical (unpaired) electrons. The molecule has 0 N–H and O–H groups in total. The molecule has 2 aromatic rings.